The fourth-order valence-corrected chi connectivity index (χ4v) is 3.39. The van der Waals surface area contributed by atoms with Crippen LogP contribution in [0.5, 0.6) is 5.75 Å². The first-order chi connectivity index (χ1) is 14.9. The van der Waals surface area contributed by atoms with Gasteiger partial charge in [0.15, 0.2) is 0 Å². The van der Waals surface area contributed by atoms with Crippen LogP contribution in [0.1, 0.15) is 24.9 Å². The Kier molecular flexibility index (Phi) is 9.58. The molecule has 1 fully saturated rings. The second kappa shape index (κ2) is 12.4. The van der Waals surface area contributed by atoms with Gasteiger partial charge in [0, 0.05) is 43.5 Å². The van der Waals surface area contributed by atoms with Crippen LogP contribution < -0.4 is 15.0 Å². The highest BCUT2D eigenvalue weighted by atomic mass is 16.5. The lowest BCUT2D eigenvalue weighted by atomic mass is 10.1. The number of ether oxygens (including phenoxy) is 1. The van der Waals surface area contributed by atoms with E-state index in [1.54, 1.807) is 7.11 Å². The van der Waals surface area contributed by atoms with E-state index >= 15 is 0 Å². The third-order valence-electron chi connectivity index (χ3n) is 5.08. The lowest BCUT2D eigenvalue weighted by Gasteiger charge is -2.20. The number of benzene rings is 2. The van der Waals surface area contributed by atoms with Crippen molar-refractivity contribution in [2.24, 2.45) is 5.92 Å². The van der Waals surface area contributed by atoms with Gasteiger partial charge in [-0.1, -0.05) is 30.3 Å². The molecule has 0 saturated carbocycles. The fourth-order valence-electron chi connectivity index (χ4n) is 3.39. The molecule has 0 aliphatic carbocycles. The van der Waals surface area contributed by atoms with Crippen molar-refractivity contribution >= 4 is 17.6 Å². The molecule has 166 valence electrons. The highest BCUT2D eigenvalue weighted by Gasteiger charge is 2.22. The van der Waals surface area contributed by atoms with E-state index in [4.69, 9.17) is 14.9 Å². The van der Waals surface area contributed by atoms with Gasteiger partial charge in [0.2, 0.25) is 0 Å². The summed E-state index contributed by atoms with van der Waals surface area (Å²) in [6, 6.07) is 19.4. The smallest absolute Gasteiger partial charge is 0.328 e. The molecule has 1 saturated heterocycles. The molecule has 7 heteroatoms. The van der Waals surface area contributed by atoms with Gasteiger partial charge in [-0.05, 0) is 49.1 Å². The Balaban J connectivity index is 0.000000366. The van der Waals surface area contributed by atoms with E-state index in [1.165, 1.54) is 17.7 Å². The van der Waals surface area contributed by atoms with Gasteiger partial charge in [-0.15, -0.1) is 0 Å². The second-order valence-corrected chi connectivity index (χ2v) is 7.35. The maximum Gasteiger partial charge on any atom is 0.328 e. The maximum atomic E-state index is 9.55. The summed E-state index contributed by atoms with van der Waals surface area (Å²) >= 11 is 0. The molecule has 7 nitrogen and oxygen atoms in total. The van der Waals surface area contributed by atoms with Crippen molar-refractivity contribution in [3.8, 4) is 5.75 Å². The Morgan fingerprint density at radius 2 is 1.81 bits per heavy atom. The van der Waals surface area contributed by atoms with Crippen molar-refractivity contribution in [2.75, 3.05) is 31.6 Å². The van der Waals surface area contributed by atoms with Crippen LogP contribution in [-0.2, 0) is 9.59 Å². The highest BCUT2D eigenvalue weighted by Crippen LogP contribution is 2.24. The summed E-state index contributed by atoms with van der Waals surface area (Å²) < 4.78 is 5.31. The lowest BCUT2D eigenvalue weighted by molar-refractivity contribution is -0.134. The Bertz CT molecular complexity index is 853. The molecule has 0 radical (unpaired) electrons. The standard InChI is InChI=1S/C20H26N2O.C4H4O4/c1-16(18-7-6-10-20(13-18)23-2)21-14-17-11-12-22(15-17)19-8-4-3-5-9-19;5-3(6)1-2-4(7)8/h3-10,13,16-17,21H,11-12,14-15H2,1-2H3;1-2H,(H,5,6)(H,7,8)/t16-,17?;/m1./s1. The summed E-state index contributed by atoms with van der Waals surface area (Å²) in [7, 11) is 1.72. The van der Waals surface area contributed by atoms with Crippen LogP contribution in [0.15, 0.2) is 66.7 Å². The number of nitrogens with zero attached hydrogens (tertiary/aromatic N) is 1. The SMILES string of the molecule is COc1cccc([C@@H](C)NCC2CCN(c3ccccc3)C2)c1.O=C(O)C=CC(=O)O. The summed E-state index contributed by atoms with van der Waals surface area (Å²) in [5.74, 6) is -0.879. The third kappa shape index (κ3) is 8.52. The third-order valence-corrected chi connectivity index (χ3v) is 5.08. The lowest BCUT2D eigenvalue weighted by Crippen LogP contribution is -2.28. The fraction of sp³-hybridized carbons (Fsp3) is 0.333. The van der Waals surface area contributed by atoms with Gasteiger partial charge < -0.3 is 25.2 Å². The predicted octanol–water partition coefficient (Wildman–Crippen LogP) is 3.58. The summed E-state index contributed by atoms with van der Waals surface area (Å²) in [5, 5.41) is 19.3. The molecular formula is C24H30N2O5. The van der Waals surface area contributed by atoms with Crippen LogP contribution in [0, 0.1) is 5.92 Å². The van der Waals surface area contributed by atoms with Crippen LogP contribution in [0.25, 0.3) is 0 Å². The number of aliphatic carboxylic acids is 2. The quantitative estimate of drug-likeness (QED) is 0.555. The molecule has 1 unspecified atom stereocenters. The van der Waals surface area contributed by atoms with Crippen molar-refractivity contribution in [1.82, 2.24) is 5.32 Å². The number of carboxylic acids is 2. The average Bonchev–Trinajstić information content (AvgIpc) is 3.26. The predicted molar refractivity (Wildman–Crippen MR) is 121 cm³/mol. The van der Waals surface area contributed by atoms with Gasteiger partial charge in [0.05, 0.1) is 7.11 Å². The number of methoxy groups -OCH3 is 1. The first-order valence-electron chi connectivity index (χ1n) is 10.2. The van der Waals surface area contributed by atoms with E-state index in [0.717, 1.165) is 25.4 Å². The minimum absolute atomic E-state index is 0.343. The number of rotatable bonds is 8. The molecule has 2 atom stereocenters. The first kappa shape index (κ1) is 24.0. The number of para-hydroxylation sites is 1. The molecule has 2 aromatic carbocycles. The first-order valence-corrected chi connectivity index (χ1v) is 10.2. The van der Waals surface area contributed by atoms with Gasteiger partial charge >= 0.3 is 11.9 Å². The van der Waals surface area contributed by atoms with Crippen LogP contribution in [0.2, 0.25) is 0 Å². The summed E-state index contributed by atoms with van der Waals surface area (Å²) in [6.07, 6.45) is 2.37. The molecule has 1 heterocycles. The van der Waals surface area contributed by atoms with Gasteiger partial charge in [-0.25, -0.2) is 9.59 Å². The average molecular weight is 427 g/mol. The molecule has 0 bridgehead atoms. The normalized spacial score (nSPS) is 16.5. The van der Waals surface area contributed by atoms with Crippen LogP contribution in [0.3, 0.4) is 0 Å². The number of hydrogen-bond donors (Lipinski definition) is 3. The molecular weight excluding hydrogens is 396 g/mol. The maximum absolute atomic E-state index is 9.55. The number of hydrogen-bond acceptors (Lipinski definition) is 5. The number of carboxylic acid groups (broad SMARTS) is 2. The van der Waals surface area contributed by atoms with Crippen LogP contribution in [0.4, 0.5) is 5.69 Å². The molecule has 0 spiro atoms. The monoisotopic (exact) mass is 426 g/mol. The van der Waals surface area contributed by atoms with Crippen molar-refractivity contribution in [3.05, 3.63) is 72.3 Å². The molecule has 31 heavy (non-hydrogen) atoms. The van der Waals surface area contributed by atoms with E-state index in [9.17, 15) is 9.59 Å². The molecule has 1 aliphatic heterocycles. The zero-order valence-corrected chi connectivity index (χ0v) is 17.9. The molecule has 3 N–H and O–H groups in total. The van der Waals surface area contributed by atoms with Gasteiger partial charge in [0.1, 0.15) is 5.75 Å². The number of nitrogens with one attached hydrogen (secondary N) is 1. The van der Waals surface area contributed by atoms with Gasteiger partial charge in [-0.3, -0.25) is 0 Å². The van der Waals surface area contributed by atoms with E-state index < -0.39 is 11.9 Å². The number of carbonyl (C=O) groups is 2. The van der Waals surface area contributed by atoms with E-state index in [1.807, 2.05) is 6.07 Å². The molecule has 2 aromatic rings. The molecule has 0 amide bonds. The Hall–Kier alpha value is -3.32. The Morgan fingerprint density at radius 1 is 1.13 bits per heavy atom. The van der Waals surface area contributed by atoms with Gasteiger partial charge in [0.25, 0.3) is 0 Å². The summed E-state index contributed by atoms with van der Waals surface area (Å²) in [4.78, 5) is 21.6. The van der Waals surface area contributed by atoms with E-state index in [2.05, 4.69) is 65.7 Å². The zero-order valence-electron chi connectivity index (χ0n) is 17.9. The minimum atomic E-state index is -1.26. The zero-order chi connectivity index (χ0) is 22.6. The minimum Gasteiger partial charge on any atom is -0.497 e. The van der Waals surface area contributed by atoms with Crippen LogP contribution in [-0.4, -0.2) is 48.9 Å². The van der Waals surface area contributed by atoms with E-state index in [0.29, 0.717) is 24.1 Å². The topological polar surface area (TPSA) is 99.1 Å². The molecule has 3 rings (SSSR count). The largest absolute Gasteiger partial charge is 0.497 e. The Morgan fingerprint density at radius 3 is 2.42 bits per heavy atom. The molecule has 0 aromatic heterocycles. The summed E-state index contributed by atoms with van der Waals surface area (Å²) in [6.45, 7) is 5.58. The van der Waals surface area contributed by atoms with Crippen molar-refractivity contribution in [3.63, 3.8) is 0 Å². The van der Waals surface area contributed by atoms with Crippen molar-refractivity contribution < 1.29 is 24.5 Å². The van der Waals surface area contributed by atoms with Gasteiger partial charge in [-0.2, -0.15) is 0 Å². The second-order valence-electron chi connectivity index (χ2n) is 7.35. The highest BCUT2D eigenvalue weighted by molar-refractivity contribution is 5.89. The summed E-state index contributed by atoms with van der Waals surface area (Å²) in [5.41, 5.74) is 2.62. The van der Waals surface area contributed by atoms with E-state index in [-0.39, 0.29) is 0 Å². The Labute approximate surface area is 183 Å². The molecule has 1 aliphatic rings. The van der Waals surface area contributed by atoms with Crippen molar-refractivity contribution in [2.45, 2.75) is 19.4 Å². The van der Waals surface area contributed by atoms with Crippen molar-refractivity contribution in [1.29, 1.82) is 0 Å². The number of anilines is 1. The van der Waals surface area contributed by atoms with Crippen LogP contribution >= 0.6 is 0 Å².